The second-order valence-electron chi connectivity index (χ2n) is 4.90. The number of carbonyl (C=O) groups excluding carboxylic acids is 2. The van der Waals surface area contributed by atoms with Gasteiger partial charge >= 0.3 is 11.9 Å². The molecular formula is C14H17NO5. The number of rotatable bonds is 4. The molecule has 1 amide bonds. The first kappa shape index (κ1) is 14.3. The van der Waals surface area contributed by atoms with E-state index < -0.39 is 23.9 Å². The first-order valence-electron chi connectivity index (χ1n) is 6.48. The van der Waals surface area contributed by atoms with Gasteiger partial charge in [0.05, 0.1) is 13.0 Å². The summed E-state index contributed by atoms with van der Waals surface area (Å²) in [6.45, 7) is 0.101. The Morgan fingerprint density at radius 3 is 2.75 bits per heavy atom. The van der Waals surface area contributed by atoms with Gasteiger partial charge in [-0.1, -0.05) is 18.2 Å². The summed E-state index contributed by atoms with van der Waals surface area (Å²) in [4.78, 5) is 36.3. The van der Waals surface area contributed by atoms with Gasteiger partial charge in [0.15, 0.2) is 6.04 Å². The predicted molar refractivity (Wildman–Crippen MR) is 69.7 cm³/mol. The van der Waals surface area contributed by atoms with Crippen molar-refractivity contribution in [3.05, 3.63) is 23.8 Å². The summed E-state index contributed by atoms with van der Waals surface area (Å²) in [6, 6.07) is -0.984. The Morgan fingerprint density at radius 1 is 1.45 bits per heavy atom. The van der Waals surface area contributed by atoms with E-state index >= 15 is 0 Å². The lowest BCUT2D eigenvalue weighted by molar-refractivity contribution is -0.147. The van der Waals surface area contributed by atoms with E-state index in [1.807, 2.05) is 18.2 Å². The number of carboxylic acids is 1. The maximum atomic E-state index is 12.0. The number of hydrogen-bond acceptors (Lipinski definition) is 4. The average Bonchev–Trinajstić information content (AvgIpc) is 2.81. The molecule has 0 aromatic rings. The third-order valence-corrected chi connectivity index (χ3v) is 3.63. The number of esters is 1. The van der Waals surface area contributed by atoms with Crippen molar-refractivity contribution in [2.24, 2.45) is 5.92 Å². The Morgan fingerprint density at radius 2 is 2.20 bits per heavy atom. The molecule has 0 radical (unpaired) electrons. The van der Waals surface area contributed by atoms with Crippen molar-refractivity contribution in [2.45, 2.75) is 25.3 Å². The van der Waals surface area contributed by atoms with Crippen LogP contribution in [0.2, 0.25) is 0 Å². The molecule has 1 fully saturated rings. The lowest BCUT2D eigenvalue weighted by Gasteiger charge is -2.27. The number of aliphatic carboxylic acids is 1. The fraction of sp³-hybridized carbons (Fsp3) is 0.500. The molecule has 0 bridgehead atoms. The van der Waals surface area contributed by atoms with E-state index in [4.69, 9.17) is 0 Å². The molecule has 0 aromatic carbocycles. The second kappa shape index (κ2) is 5.90. The Hall–Kier alpha value is -2.11. The number of likely N-dealkylation sites (tertiary alicyclic amines) is 1. The number of methoxy groups -OCH3 is 1. The van der Waals surface area contributed by atoms with Gasteiger partial charge < -0.3 is 14.7 Å². The van der Waals surface area contributed by atoms with Gasteiger partial charge in [0.2, 0.25) is 5.91 Å². The number of carboxylic acid groups (broad SMARTS) is 1. The van der Waals surface area contributed by atoms with Crippen molar-refractivity contribution in [1.82, 2.24) is 4.90 Å². The first-order chi connectivity index (χ1) is 9.54. The van der Waals surface area contributed by atoms with E-state index in [0.717, 1.165) is 0 Å². The molecule has 2 rings (SSSR count). The maximum Gasteiger partial charge on any atom is 0.330 e. The molecule has 2 atom stereocenters. The molecular weight excluding hydrogens is 262 g/mol. The lowest BCUT2D eigenvalue weighted by atomic mass is 9.97. The normalized spacial score (nSPS) is 23.4. The molecule has 1 heterocycles. The summed E-state index contributed by atoms with van der Waals surface area (Å²) in [7, 11) is 1.26. The fourth-order valence-corrected chi connectivity index (χ4v) is 2.64. The summed E-state index contributed by atoms with van der Waals surface area (Å²) in [6.07, 6.45) is 6.87. The van der Waals surface area contributed by atoms with Crippen LogP contribution in [-0.2, 0) is 19.1 Å². The smallest absolute Gasteiger partial charge is 0.330 e. The lowest BCUT2D eigenvalue weighted by Crippen LogP contribution is -2.44. The highest BCUT2D eigenvalue weighted by molar-refractivity contribution is 5.91. The van der Waals surface area contributed by atoms with E-state index in [0.29, 0.717) is 18.4 Å². The van der Waals surface area contributed by atoms with Gasteiger partial charge in [-0.2, -0.15) is 0 Å². The molecule has 1 aliphatic carbocycles. The Labute approximate surface area is 116 Å². The van der Waals surface area contributed by atoms with Crippen molar-refractivity contribution >= 4 is 17.8 Å². The van der Waals surface area contributed by atoms with E-state index in [9.17, 15) is 19.5 Å². The molecule has 0 saturated carbocycles. The van der Waals surface area contributed by atoms with Crippen LogP contribution in [0.1, 0.15) is 19.3 Å². The number of hydrogen-bond donors (Lipinski definition) is 1. The monoisotopic (exact) mass is 279 g/mol. The topological polar surface area (TPSA) is 83.9 Å². The van der Waals surface area contributed by atoms with Crippen LogP contribution in [0, 0.1) is 5.92 Å². The predicted octanol–water partition coefficient (Wildman–Crippen LogP) is 0.737. The highest BCUT2D eigenvalue weighted by Gasteiger charge is 2.42. The van der Waals surface area contributed by atoms with Gasteiger partial charge in [0, 0.05) is 13.0 Å². The molecule has 1 unspecified atom stereocenters. The molecule has 20 heavy (non-hydrogen) atoms. The molecule has 2 aliphatic rings. The van der Waals surface area contributed by atoms with Crippen LogP contribution < -0.4 is 0 Å². The molecule has 1 saturated heterocycles. The van der Waals surface area contributed by atoms with Gasteiger partial charge in [0.25, 0.3) is 0 Å². The molecule has 1 aliphatic heterocycles. The summed E-state index contributed by atoms with van der Waals surface area (Å²) < 4.78 is 4.63. The van der Waals surface area contributed by atoms with Gasteiger partial charge in [-0.15, -0.1) is 0 Å². The summed E-state index contributed by atoms with van der Waals surface area (Å²) in [5.74, 6) is -2.43. The van der Waals surface area contributed by atoms with Crippen molar-refractivity contribution in [1.29, 1.82) is 0 Å². The minimum atomic E-state index is -1.06. The quantitative estimate of drug-likeness (QED) is 0.606. The Kier molecular flexibility index (Phi) is 4.22. The van der Waals surface area contributed by atoms with E-state index in [1.54, 1.807) is 0 Å². The van der Waals surface area contributed by atoms with Gasteiger partial charge in [0.1, 0.15) is 0 Å². The van der Waals surface area contributed by atoms with Crippen molar-refractivity contribution < 1.29 is 24.2 Å². The highest BCUT2D eigenvalue weighted by Crippen LogP contribution is 2.27. The molecule has 6 heteroatoms. The van der Waals surface area contributed by atoms with Crippen LogP contribution in [0.4, 0.5) is 0 Å². The highest BCUT2D eigenvalue weighted by atomic mass is 16.5. The van der Waals surface area contributed by atoms with Crippen LogP contribution in [0.25, 0.3) is 0 Å². The van der Waals surface area contributed by atoms with Crippen LogP contribution in [0.3, 0.4) is 0 Å². The van der Waals surface area contributed by atoms with Gasteiger partial charge in [-0.05, 0) is 18.4 Å². The van der Waals surface area contributed by atoms with E-state index in [2.05, 4.69) is 4.74 Å². The Balaban J connectivity index is 2.18. The molecule has 1 N–H and O–H groups in total. The summed E-state index contributed by atoms with van der Waals surface area (Å²) in [5.41, 5.74) is 0.693. The number of nitrogens with zero attached hydrogens (tertiary/aromatic N) is 1. The zero-order chi connectivity index (χ0) is 14.7. The van der Waals surface area contributed by atoms with Gasteiger partial charge in [-0.25, -0.2) is 4.79 Å². The van der Waals surface area contributed by atoms with Crippen LogP contribution >= 0.6 is 0 Å². The van der Waals surface area contributed by atoms with Gasteiger partial charge in [-0.3, -0.25) is 9.59 Å². The second-order valence-corrected chi connectivity index (χ2v) is 4.90. The van der Waals surface area contributed by atoms with Crippen molar-refractivity contribution in [3.8, 4) is 0 Å². The SMILES string of the molecule is COC(=O)C1CC(=O)N([C@@H](C(=O)O)C2=CCC=CC2)C1. The standard InChI is InChI=1S/C14H17NO5/c1-20-14(19)10-7-11(16)15(8-10)12(13(17)18)9-5-3-2-4-6-9/h2-3,6,10,12H,4-5,7-8H2,1H3,(H,17,18)/t10?,12-/m1/s1. The molecule has 0 spiro atoms. The number of carbonyl (C=O) groups is 3. The van der Waals surface area contributed by atoms with Crippen molar-refractivity contribution in [3.63, 3.8) is 0 Å². The third-order valence-electron chi connectivity index (χ3n) is 3.63. The third kappa shape index (κ3) is 2.74. The van der Waals surface area contributed by atoms with E-state index in [-0.39, 0.29) is 18.9 Å². The average molecular weight is 279 g/mol. The van der Waals surface area contributed by atoms with Crippen LogP contribution in [0.5, 0.6) is 0 Å². The number of amides is 1. The largest absolute Gasteiger partial charge is 0.479 e. The van der Waals surface area contributed by atoms with Crippen LogP contribution in [-0.4, -0.2) is 47.5 Å². The minimum Gasteiger partial charge on any atom is -0.479 e. The maximum absolute atomic E-state index is 12.0. The Bertz CT molecular complexity index is 494. The summed E-state index contributed by atoms with van der Waals surface area (Å²) in [5, 5.41) is 9.41. The molecule has 108 valence electrons. The van der Waals surface area contributed by atoms with Crippen LogP contribution in [0.15, 0.2) is 23.8 Å². The van der Waals surface area contributed by atoms with Crippen molar-refractivity contribution in [2.75, 3.05) is 13.7 Å². The minimum absolute atomic E-state index is 0.0135. The zero-order valence-corrected chi connectivity index (χ0v) is 11.2. The molecule has 6 nitrogen and oxygen atoms in total. The molecule has 0 aromatic heterocycles. The van der Waals surface area contributed by atoms with E-state index in [1.165, 1.54) is 12.0 Å². The number of allylic oxidation sites excluding steroid dienone is 3. The summed E-state index contributed by atoms with van der Waals surface area (Å²) >= 11 is 0. The first-order valence-corrected chi connectivity index (χ1v) is 6.48. The zero-order valence-electron chi connectivity index (χ0n) is 11.2. The fourth-order valence-electron chi connectivity index (χ4n) is 2.64. The number of ether oxygens (including phenoxy) is 1.